The van der Waals surface area contributed by atoms with Gasteiger partial charge in [0.1, 0.15) is 0 Å². The van der Waals surface area contributed by atoms with Crippen LogP contribution in [0.25, 0.3) is 0 Å². The van der Waals surface area contributed by atoms with Crippen LogP contribution in [0.5, 0.6) is 0 Å². The second kappa shape index (κ2) is 12.3. The van der Waals surface area contributed by atoms with Crippen LogP contribution < -0.4 is 0 Å². The number of rotatable bonds is 3. The highest BCUT2D eigenvalue weighted by molar-refractivity contribution is 5.73. The molecule has 2 saturated heterocycles. The lowest BCUT2D eigenvalue weighted by Crippen LogP contribution is -2.25. The van der Waals surface area contributed by atoms with Crippen LogP contribution in [0.15, 0.2) is 0 Å². The molecule has 4 fully saturated rings. The van der Waals surface area contributed by atoms with E-state index >= 15 is 0 Å². The van der Waals surface area contributed by atoms with E-state index in [1.54, 1.807) is 0 Å². The predicted octanol–water partition coefficient (Wildman–Crippen LogP) is 4.00. The molecular weight excluding hydrogens is 336 g/mol. The molecular formula is C20H36O6. The zero-order chi connectivity index (χ0) is 19.5. The van der Waals surface area contributed by atoms with E-state index in [4.69, 9.17) is 14.2 Å². The smallest absolute Gasteiger partial charge is 0.311 e. The predicted molar refractivity (Wildman–Crippen MR) is 98.6 cm³/mol. The Kier molecular flexibility index (Phi) is 10.8. The minimum atomic E-state index is -0.447. The topological polar surface area (TPSA) is 77.7 Å². The molecule has 26 heavy (non-hydrogen) atoms. The molecule has 4 rings (SSSR count). The Bertz CT molecular complexity index is 415. The number of carbonyl (C=O) groups excluding carboxylic acids is 2. The number of ether oxygens (including phenoxy) is 4. The molecule has 2 heterocycles. The summed E-state index contributed by atoms with van der Waals surface area (Å²) in [7, 11) is 0. The first kappa shape index (κ1) is 22.9. The average molecular weight is 373 g/mol. The van der Waals surface area contributed by atoms with Crippen LogP contribution in [0.4, 0.5) is 0 Å². The first-order valence-electron chi connectivity index (χ1n) is 10.2. The summed E-state index contributed by atoms with van der Waals surface area (Å²) in [5, 5.41) is 0. The molecule has 4 aliphatic rings. The molecule has 6 heteroatoms. The molecule has 0 N–H and O–H groups in total. The van der Waals surface area contributed by atoms with Crippen molar-refractivity contribution in [2.24, 2.45) is 5.92 Å². The van der Waals surface area contributed by atoms with Crippen LogP contribution in [-0.2, 0) is 28.5 Å². The van der Waals surface area contributed by atoms with E-state index in [0.29, 0.717) is 18.3 Å². The third-order valence-corrected chi connectivity index (χ3v) is 4.72. The van der Waals surface area contributed by atoms with Crippen molar-refractivity contribution in [2.75, 3.05) is 6.79 Å². The summed E-state index contributed by atoms with van der Waals surface area (Å²) in [5.74, 6) is -0.827. The Labute approximate surface area is 157 Å². The SMILES string of the molecule is C1CCC2OC2C1.CC.CC.CC(=O)OCOC(=O)C1CCC2OC2C1. The van der Waals surface area contributed by atoms with E-state index in [1.165, 1.54) is 32.6 Å². The van der Waals surface area contributed by atoms with Crippen LogP contribution in [-0.4, -0.2) is 43.1 Å². The van der Waals surface area contributed by atoms with Gasteiger partial charge in [-0.05, 0) is 32.1 Å². The maximum atomic E-state index is 11.5. The van der Waals surface area contributed by atoms with Crippen molar-refractivity contribution in [3.63, 3.8) is 0 Å². The highest BCUT2D eigenvalue weighted by atomic mass is 16.7. The van der Waals surface area contributed by atoms with Gasteiger partial charge in [-0.25, -0.2) is 0 Å². The Balaban J connectivity index is 0.000000255. The van der Waals surface area contributed by atoms with Gasteiger partial charge in [0.25, 0.3) is 0 Å². The van der Waals surface area contributed by atoms with Crippen LogP contribution in [0, 0.1) is 5.92 Å². The largest absolute Gasteiger partial charge is 0.428 e. The fourth-order valence-electron chi connectivity index (χ4n) is 3.28. The molecule has 6 nitrogen and oxygen atoms in total. The van der Waals surface area contributed by atoms with E-state index in [1.807, 2.05) is 27.7 Å². The summed E-state index contributed by atoms with van der Waals surface area (Å²) in [5.41, 5.74) is 0. The summed E-state index contributed by atoms with van der Waals surface area (Å²) >= 11 is 0. The van der Waals surface area contributed by atoms with Gasteiger partial charge in [-0.1, -0.05) is 40.5 Å². The van der Waals surface area contributed by atoms with Crippen molar-refractivity contribution in [3.8, 4) is 0 Å². The summed E-state index contributed by atoms with van der Waals surface area (Å²) < 4.78 is 19.9. The number of hydrogen-bond acceptors (Lipinski definition) is 6. The van der Waals surface area contributed by atoms with E-state index in [9.17, 15) is 9.59 Å². The number of hydrogen-bond donors (Lipinski definition) is 0. The minimum Gasteiger partial charge on any atom is -0.428 e. The molecule has 2 saturated carbocycles. The third kappa shape index (κ3) is 8.04. The molecule has 0 aromatic carbocycles. The Morgan fingerprint density at radius 1 is 0.808 bits per heavy atom. The van der Waals surface area contributed by atoms with Crippen LogP contribution in [0.1, 0.15) is 79.6 Å². The summed E-state index contributed by atoms with van der Waals surface area (Å²) in [4.78, 5) is 21.9. The number of esters is 2. The standard InChI is InChI=1S/C10H14O5.C6H10O.2C2H6/c1-6(11)13-5-14-10(12)7-2-3-8-9(4-7)15-8;1-2-4-6-5(3-1)7-6;2*1-2/h7-9H,2-5H2,1H3;5-6H,1-4H2;2*1-2H3. The van der Waals surface area contributed by atoms with Crippen molar-refractivity contribution in [1.29, 1.82) is 0 Å². The van der Waals surface area contributed by atoms with Gasteiger partial charge in [0.05, 0.1) is 30.3 Å². The maximum Gasteiger partial charge on any atom is 0.311 e. The van der Waals surface area contributed by atoms with Crippen LogP contribution >= 0.6 is 0 Å². The zero-order valence-corrected chi connectivity index (χ0v) is 17.0. The Morgan fingerprint density at radius 3 is 1.85 bits per heavy atom. The van der Waals surface area contributed by atoms with Gasteiger partial charge in [-0.15, -0.1) is 0 Å². The van der Waals surface area contributed by atoms with Crippen molar-refractivity contribution in [2.45, 2.75) is 104 Å². The van der Waals surface area contributed by atoms with Crippen molar-refractivity contribution < 1.29 is 28.5 Å². The molecule has 0 aromatic heterocycles. The minimum absolute atomic E-state index is 0.0932. The molecule has 0 bridgehead atoms. The average Bonchev–Trinajstić information content (AvgIpc) is 3.58. The first-order chi connectivity index (χ1) is 12.6. The van der Waals surface area contributed by atoms with Gasteiger partial charge < -0.3 is 18.9 Å². The lowest BCUT2D eigenvalue weighted by Gasteiger charge is -2.16. The molecule has 2 aliphatic heterocycles. The van der Waals surface area contributed by atoms with E-state index in [0.717, 1.165) is 19.3 Å². The van der Waals surface area contributed by atoms with Crippen molar-refractivity contribution in [3.05, 3.63) is 0 Å². The van der Waals surface area contributed by atoms with Gasteiger partial charge in [0, 0.05) is 6.92 Å². The monoisotopic (exact) mass is 372 g/mol. The van der Waals surface area contributed by atoms with E-state index in [2.05, 4.69) is 4.74 Å². The zero-order valence-electron chi connectivity index (χ0n) is 17.0. The van der Waals surface area contributed by atoms with Crippen molar-refractivity contribution >= 4 is 11.9 Å². The third-order valence-electron chi connectivity index (χ3n) is 4.72. The highest BCUT2D eigenvalue weighted by Crippen LogP contribution is 2.39. The number of epoxide rings is 2. The lowest BCUT2D eigenvalue weighted by molar-refractivity contribution is -0.169. The fraction of sp³-hybridized carbons (Fsp3) is 0.900. The molecule has 0 amide bonds. The van der Waals surface area contributed by atoms with Gasteiger partial charge in [-0.3, -0.25) is 9.59 Å². The number of fused-ring (bicyclic) bond motifs is 2. The quantitative estimate of drug-likeness (QED) is 0.423. The molecule has 152 valence electrons. The maximum absolute atomic E-state index is 11.5. The molecule has 0 radical (unpaired) electrons. The van der Waals surface area contributed by atoms with Crippen molar-refractivity contribution in [1.82, 2.24) is 0 Å². The molecule has 5 atom stereocenters. The molecule has 5 unspecified atom stereocenters. The van der Waals surface area contributed by atoms with Crippen LogP contribution in [0.3, 0.4) is 0 Å². The second-order valence-electron chi connectivity index (χ2n) is 6.44. The van der Waals surface area contributed by atoms with Gasteiger partial charge >= 0.3 is 11.9 Å². The van der Waals surface area contributed by atoms with E-state index < -0.39 is 5.97 Å². The lowest BCUT2D eigenvalue weighted by atomic mass is 9.89. The second-order valence-corrected chi connectivity index (χ2v) is 6.44. The van der Waals surface area contributed by atoms with E-state index in [-0.39, 0.29) is 24.8 Å². The Hall–Kier alpha value is -1.14. The first-order valence-corrected chi connectivity index (χ1v) is 10.2. The van der Waals surface area contributed by atoms with Gasteiger partial charge in [0.2, 0.25) is 6.79 Å². The van der Waals surface area contributed by atoms with Gasteiger partial charge in [0.15, 0.2) is 0 Å². The normalized spacial score (nSPS) is 32.3. The molecule has 0 spiro atoms. The number of carbonyl (C=O) groups is 2. The Morgan fingerprint density at radius 2 is 1.35 bits per heavy atom. The highest BCUT2D eigenvalue weighted by Gasteiger charge is 2.46. The van der Waals surface area contributed by atoms with Crippen LogP contribution in [0.2, 0.25) is 0 Å². The van der Waals surface area contributed by atoms with Gasteiger partial charge in [-0.2, -0.15) is 0 Å². The summed E-state index contributed by atoms with van der Waals surface area (Å²) in [6, 6.07) is 0. The molecule has 2 aliphatic carbocycles. The fourth-order valence-corrected chi connectivity index (χ4v) is 3.28. The molecule has 0 aromatic rings. The summed E-state index contributed by atoms with van der Waals surface area (Å²) in [6.07, 6.45) is 9.99. The summed E-state index contributed by atoms with van der Waals surface area (Å²) in [6.45, 7) is 9.00.